The Morgan fingerprint density at radius 1 is 1.16 bits per heavy atom. The molecular weight excluding hydrogens is 474 g/mol. The van der Waals surface area contributed by atoms with Crippen LogP contribution < -0.4 is 10.1 Å². The Hall–Kier alpha value is -4.40. The summed E-state index contributed by atoms with van der Waals surface area (Å²) in [4.78, 5) is 44.2. The van der Waals surface area contributed by atoms with Gasteiger partial charge < -0.3 is 24.8 Å². The van der Waals surface area contributed by atoms with Crippen LogP contribution in [0.3, 0.4) is 0 Å². The first kappa shape index (κ1) is 24.3. The molecule has 2 heterocycles. The van der Waals surface area contributed by atoms with Gasteiger partial charge in [-0.1, -0.05) is 12.1 Å². The van der Waals surface area contributed by atoms with E-state index in [4.69, 9.17) is 4.74 Å². The van der Waals surface area contributed by atoms with Gasteiger partial charge in [-0.2, -0.15) is 0 Å². The minimum absolute atomic E-state index is 0.000231. The van der Waals surface area contributed by atoms with Crippen molar-refractivity contribution in [3.8, 4) is 17.2 Å². The number of benzene rings is 2. The molecule has 2 aliphatic rings. The summed E-state index contributed by atoms with van der Waals surface area (Å²) >= 11 is 0. The molecule has 0 saturated heterocycles. The van der Waals surface area contributed by atoms with Gasteiger partial charge in [0.15, 0.2) is 17.3 Å². The molecule has 0 bridgehead atoms. The molecular formula is C28H27N3O6. The second kappa shape index (κ2) is 8.06. The first-order valence-electron chi connectivity index (χ1n) is 11.9. The molecule has 2 aromatic carbocycles. The van der Waals surface area contributed by atoms with Crippen LogP contribution in [-0.4, -0.2) is 37.1 Å². The number of hydrogen-bond acceptors (Lipinski definition) is 8. The molecule has 9 heteroatoms. The number of aryl methyl sites for hydroxylation is 1. The Morgan fingerprint density at radius 2 is 1.84 bits per heavy atom. The normalized spacial score (nSPS) is 20.8. The van der Waals surface area contributed by atoms with Gasteiger partial charge in [0, 0.05) is 24.4 Å². The van der Waals surface area contributed by atoms with Crippen LogP contribution in [0.4, 0.5) is 0 Å². The molecule has 1 aromatic heterocycles. The first-order chi connectivity index (χ1) is 17.4. The van der Waals surface area contributed by atoms with E-state index in [1.807, 2.05) is 42.8 Å². The largest absolute Gasteiger partial charge is 0.507 e. The van der Waals surface area contributed by atoms with Crippen molar-refractivity contribution in [3.63, 3.8) is 0 Å². The van der Waals surface area contributed by atoms with Crippen molar-refractivity contribution in [1.29, 1.82) is 0 Å². The first-order valence-corrected chi connectivity index (χ1v) is 11.9. The van der Waals surface area contributed by atoms with Crippen LogP contribution in [0.5, 0.6) is 17.2 Å². The molecule has 3 N–H and O–H groups in total. The number of fused-ring (bicyclic) bond motifs is 4. The van der Waals surface area contributed by atoms with E-state index < -0.39 is 28.5 Å². The third-order valence-electron chi connectivity index (χ3n) is 7.40. The smallest absolute Gasteiger partial charge is 0.194 e. The number of imidazole rings is 1. The summed E-state index contributed by atoms with van der Waals surface area (Å²) in [7, 11) is 1.90. The lowest BCUT2D eigenvalue weighted by Crippen LogP contribution is -2.41. The number of phenols is 2. The molecule has 1 aliphatic carbocycles. The van der Waals surface area contributed by atoms with E-state index in [1.54, 1.807) is 13.8 Å². The number of ketones is 3. The number of ether oxygens (including phenoxy) is 1. The molecule has 2 atom stereocenters. The van der Waals surface area contributed by atoms with Gasteiger partial charge in [0.25, 0.3) is 0 Å². The van der Waals surface area contributed by atoms with Gasteiger partial charge in [-0.15, -0.1) is 0 Å². The van der Waals surface area contributed by atoms with Crippen molar-refractivity contribution in [2.24, 2.45) is 7.05 Å². The lowest BCUT2D eigenvalue weighted by molar-refractivity contribution is -0.123. The zero-order valence-electron chi connectivity index (χ0n) is 21.4. The highest BCUT2D eigenvalue weighted by Crippen LogP contribution is 2.57. The van der Waals surface area contributed by atoms with E-state index in [2.05, 4.69) is 10.3 Å². The number of allylic oxidation sites excluding steroid dienone is 4. The minimum Gasteiger partial charge on any atom is -0.507 e. The lowest BCUT2D eigenvalue weighted by Gasteiger charge is -2.29. The van der Waals surface area contributed by atoms with Crippen LogP contribution in [0.1, 0.15) is 61.0 Å². The zero-order chi connectivity index (χ0) is 27.0. The van der Waals surface area contributed by atoms with Gasteiger partial charge in [0.05, 0.1) is 28.2 Å². The predicted octanol–water partition coefficient (Wildman–Crippen LogP) is 3.81. The predicted molar refractivity (Wildman–Crippen MR) is 136 cm³/mol. The van der Waals surface area contributed by atoms with E-state index in [9.17, 15) is 24.6 Å². The third kappa shape index (κ3) is 3.23. The second-order valence-electron chi connectivity index (χ2n) is 9.77. The van der Waals surface area contributed by atoms with Crippen LogP contribution in [0.25, 0.3) is 11.0 Å². The number of nitrogens with zero attached hydrogens (tertiary/aromatic N) is 2. The zero-order valence-corrected chi connectivity index (χ0v) is 21.4. The van der Waals surface area contributed by atoms with Gasteiger partial charge in [-0.05, 0) is 46.8 Å². The molecule has 0 spiro atoms. The number of nitrogens with one attached hydrogen (secondary N) is 1. The molecule has 0 amide bonds. The fourth-order valence-corrected chi connectivity index (χ4v) is 5.38. The standard InChI is InChI=1S/C28H27N3O6/c1-12-23(34)21(15(4)32)25-22(24(12)35)28(5)19(37-25)11-18(33)20(26(28)36)13(2)29-14(3)27-30-16-9-7-8-10-17(16)31(27)6/h7-11,14,29,34-35H,1-6H3/b20-13+/t14-,28-/m1/s1. The highest BCUT2D eigenvalue weighted by Gasteiger charge is 2.56. The van der Waals surface area contributed by atoms with E-state index >= 15 is 0 Å². The van der Waals surface area contributed by atoms with Crippen molar-refractivity contribution in [2.45, 2.75) is 46.1 Å². The SMILES string of the molecule is CC(=O)c1c(O)c(C)c(O)c2c1OC1=CC(=O)/C(=C(/C)N[C@H](C)c3nc4ccccc4n3C)C(=O)[C@]12C. The highest BCUT2D eigenvalue weighted by molar-refractivity contribution is 6.31. The number of carbonyl (C=O) groups excluding carboxylic acids is 3. The van der Waals surface area contributed by atoms with Gasteiger partial charge >= 0.3 is 0 Å². The number of aromatic nitrogens is 2. The monoisotopic (exact) mass is 501 g/mol. The number of aromatic hydroxyl groups is 2. The van der Waals surface area contributed by atoms with Crippen molar-refractivity contribution < 1.29 is 29.3 Å². The maximum atomic E-state index is 14.0. The molecule has 0 radical (unpaired) electrons. The third-order valence-corrected chi connectivity index (χ3v) is 7.40. The van der Waals surface area contributed by atoms with Crippen molar-refractivity contribution in [3.05, 3.63) is 69.9 Å². The molecule has 190 valence electrons. The highest BCUT2D eigenvalue weighted by atomic mass is 16.5. The molecule has 1 aliphatic heterocycles. The number of hydrogen-bond donors (Lipinski definition) is 3. The molecule has 3 aromatic rings. The average molecular weight is 502 g/mol. The van der Waals surface area contributed by atoms with Crippen LogP contribution in [-0.2, 0) is 22.1 Å². The maximum Gasteiger partial charge on any atom is 0.194 e. The van der Waals surface area contributed by atoms with Crippen molar-refractivity contribution >= 4 is 28.4 Å². The number of phenolic OH excluding ortho intramolecular Hbond substituents is 2. The van der Waals surface area contributed by atoms with E-state index in [0.29, 0.717) is 5.70 Å². The molecule has 0 fully saturated rings. The van der Waals surface area contributed by atoms with Crippen LogP contribution in [0.15, 0.2) is 47.4 Å². The minimum atomic E-state index is -1.56. The molecule has 37 heavy (non-hydrogen) atoms. The summed E-state index contributed by atoms with van der Waals surface area (Å²) < 4.78 is 7.76. The second-order valence-corrected chi connectivity index (χ2v) is 9.77. The quantitative estimate of drug-likeness (QED) is 0.280. The lowest BCUT2D eigenvalue weighted by atomic mass is 9.70. The summed E-state index contributed by atoms with van der Waals surface area (Å²) in [6.45, 7) is 7.77. The Labute approximate surface area is 213 Å². The summed E-state index contributed by atoms with van der Waals surface area (Å²) in [5.74, 6) is -1.79. The molecule has 0 unspecified atom stereocenters. The molecule has 0 saturated carbocycles. The fraction of sp³-hybridized carbons (Fsp3) is 0.286. The van der Waals surface area contributed by atoms with Gasteiger partial charge in [-0.3, -0.25) is 14.4 Å². The van der Waals surface area contributed by atoms with Gasteiger partial charge in [0.2, 0.25) is 0 Å². The molecule has 9 nitrogen and oxygen atoms in total. The number of rotatable bonds is 4. The average Bonchev–Trinajstić information content (AvgIpc) is 3.32. The molecule has 5 rings (SSSR count). The summed E-state index contributed by atoms with van der Waals surface area (Å²) in [6, 6.07) is 7.37. The summed E-state index contributed by atoms with van der Waals surface area (Å²) in [5, 5.41) is 24.7. The topological polar surface area (TPSA) is 131 Å². The summed E-state index contributed by atoms with van der Waals surface area (Å²) in [6.07, 6.45) is 1.21. The Balaban J connectivity index is 1.61. The van der Waals surface area contributed by atoms with E-state index in [-0.39, 0.29) is 45.6 Å². The van der Waals surface area contributed by atoms with E-state index in [0.717, 1.165) is 16.9 Å². The van der Waals surface area contributed by atoms with E-state index in [1.165, 1.54) is 19.9 Å². The Morgan fingerprint density at radius 3 is 2.49 bits per heavy atom. The van der Waals surface area contributed by atoms with Crippen LogP contribution >= 0.6 is 0 Å². The van der Waals surface area contributed by atoms with Gasteiger partial charge in [-0.25, -0.2) is 4.98 Å². The van der Waals surface area contributed by atoms with Crippen LogP contribution in [0.2, 0.25) is 0 Å². The number of carbonyl (C=O) groups is 3. The fourth-order valence-electron chi connectivity index (χ4n) is 5.38. The maximum absolute atomic E-state index is 14.0. The van der Waals surface area contributed by atoms with Gasteiger partial charge in [0.1, 0.15) is 39.8 Å². The van der Waals surface area contributed by atoms with Crippen molar-refractivity contribution in [2.75, 3.05) is 0 Å². The van der Waals surface area contributed by atoms with Crippen LogP contribution in [0, 0.1) is 6.92 Å². The summed E-state index contributed by atoms with van der Waals surface area (Å²) in [5.41, 5.74) is 0.466. The Kier molecular flexibility index (Phi) is 5.29. The Bertz CT molecular complexity index is 1630. The number of Topliss-reactive ketones (excluding diaryl/α,β-unsaturated/α-hetero) is 2. The number of para-hydroxylation sites is 2. The van der Waals surface area contributed by atoms with Crippen molar-refractivity contribution in [1.82, 2.24) is 14.9 Å².